The molecule has 0 radical (unpaired) electrons. The van der Waals surface area contributed by atoms with Crippen LogP contribution in [0.15, 0.2) is 33.9 Å². The first-order chi connectivity index (χ1) is 8.63. The number of amides is 1. The molecule has 2 aromatic rings. The van der Waals surface area contributed by atoms with Crippen LogP contribution >= 0.6 is 11.8 Å². The first-order valence-electron chi connectivity index (χ1n) is 5.43. The molecule has 1 N–H and O–H groups in total. The van der Waals surface area contributed by atoms with Crippen molar-refractivity contribution in [1.29, 1.82) is 0 Å². The smallest absolute Gasteiger partial charge is 0.277 e. The highest BCUT2D eigenvalue weighted by Gasteiger charge is 2.07. The number of hydrogen-bond donors (Lipinski definition) is 1. The monoisotopic (exact) mass is 263 g/mol. The van der Waals surface area contributed by atoms with Gasteiger partial charge in [-0.3, -0.25) is 4.79 Å². The molecule has 94 valence electrons. The number of aryl methyl sites for hydroxylation is 2. The number of carbonyl (C=O) groups excluding carboxylic acids is 1. The summed E-state index contributed by atoms with van der Waals surface area (Å²) in [6, 6.07) is 7.64. The molecule has 0 aliphatic rings. The molecule has 18 heavy (non-hydrogen) atoms. The van der Waals surface area contributed by atoms with Crippen LogP contribution in [0.1, 0.15) is 11.5 Å². The second kappa shape index (κ2) is 5.68. The Morgan fingerprint density at radius 3 is 2.61 bits per heavy atom. The van der Waals surface area contributed by atoms with E-state index in [9.17, 15) is 4.79 Å². The van der Waals surface area contributed by atoms with Gasteiger partial charge in [0.1, 0.15) is 0 Å². The molecule has 0 fully saturated rings. The highest BCUT2D eigenvalue weighted by atomic mass is 32.2. The third-order valence-electron chi connectivity index (χ3n) is 2.17. The van der Waals surface area contributed by atoms with Gasteiger partial charge in [-0.2, -0.15) is 0 Å². The Kier molecular flexibility index (Phi) is 3.99. The summed E-state index contributed by atoms with van der Waals surface area (Å²) in [6.07, 6.45) is 0. The third-order valence-corrected chi connectivity index (χ3v) is 2.99. The quantitative estimate of drug-likeness (QED) is 0.858. The van der Waals surface area contributed by atoms with Crippen LogP contribution in [0.2, 0.25) is 0 Å². The van der Waals surface area contributed by atoms with Crippen LogP contribution in [0.4, 0.5) is 5.69 Å². The summed E-state index contributed by atoms with van der Waals surface area (Å²) in [6.45, 7) is 3.71. The Morgan fingerprint density at radius 1 is 1.28 bits per heavy atom. The van der Waals surface area contributed by atoms with Gasteiger partial charge in [0.2, 0.25) is 11.8 Å². The molecule has 2 rings (SSSR count). The topological polar surface area (TPSA) is 68.0 Å². The van der Waals surface area contributed by atoms with Crippen molar-refractivity contribution >= 4 is 23.4 Å². The molecule has 1 aromatic heterocycles. The number of thioether (sulfide) groups is 1. The minimum Gasteiger partial charge on any atom is -0.416 e. The van der Waals surface area contributed by atoms with Crippen LogP contribution in [0.25, 0.3) is 0 Å². The molecule has 1 aromatic carbocycles. The fourth-order valence-corrected chi connectivity index (χ4v) is 1.90. The van der Waals surface area contributed by atoms with Crippen molar-refractivity contribution in [3.63, 3.8) is 0 Å². The molecule has 0 aliphatic carbocycles. The number of carbonyl (C=O) groups is 1. The molecule has 0 bridgehead atoms. The Bertz CT molecular complexity index is 537. The Labute approximate surface area is 109 Å². The molecule has 5 nitrogen and oxygen atoms in total. The van der Waals surface area contributed by atoms with E-state index in [0.29, 0.717) is 11.1 Å². The Hall–Kier alpha value is -1.82. The van der Waals surface area contributed by atoms with Crippen molar-refractivity contribution < 1.29 is 9.21 Å². The minimum atomic E-state index is -0.0975. The van der Waals surface area contributed by atoms with E-state index in [2.05, 4.69) is 15.5 Å². The number of nitrogens with zero attached hydrogens (tertiary/aromatic N) is 2. The van der Waals surface area contributed by atoms with Crippen molar-refractivity contribution in [3.8, 4) is 0 Å². The second-order valence-corrected chi connectivity index (χ2v) is 4.72. The molecule has 0 aliphatic heterocycles. The average Bonchev–Trinajstić information content (AvgIpc) is 2.76. The van der Waals surface area contributed by atoms with Gasteiger partial charge in [0.05, 0.1) is 5.75 Å². The van der Waals surface area contributed by atoms with Gasteiger partial charge in [0, 0.05) is 12.6 Å². The Morgan fingerprint density at radius 2 is 2.00 bits per heavy atom. The van der Waals surface area contributed by atoms with E-state index in [1.54, 1.807) is 6.92 Å². The summed E-state index contributed by atoms with van der Waals surface area (Å²) < 4.78 is 5.16. The summed E-state index contributed by atoms with van der Waals surface area (Å²) in [5.74, 6) is 0.645. The summed E-state index contributed by atoms with van der Waals surface area (Å²) in [7, 11) is 0. The van der Waals surface area contributed by atoms with E-state index in [0.717, 1.165) is 11.3 Å². The van der Waals surface area contributed by atoms with Gasteiger partial charge in [0.25, 0.3) is 5.22 Å². The van der Waals surface area contributed by atoms with Crippen LogP contribution in [-0.4, -0.2) is 21.9 Å². The van der Waals surface area contributed by atoms with Gasteiger partial charge in [-0.15, -0.1) is 10.2 Å². The fraction of sp³-hybridized carbons (Fsp3) is 0.250. The predicted octanol–water partition coefficient (Wildman–Crippen LogP) is 2.42. The van der Waals surface area contributed by atoms with E-state index >= 15 is 0 Å². The van der Waals surface area contributed by atoms with E-state index in [4.69, 9.17) is 4.42 Å². The maximum Gasteiger partial charge on any atom is 0.277 e. The van der Waals surface area contributed by atoms with Crippen LogP contribution in [0, 0.1) is 13.8 Å². The standard InChI is InChI=1S/C12H13N3O2S/c1-8-3-5-10(6-4-8)13-11(16)7-18-12-15-14-9(2)17-12/h3-6H,7H2,1-2H3,(H,13,16). The van der Waals surface area contributed by atoms with E-state index in [-0.39, 0.29) is 11.7 Å². The fourth-order valence-electron chi connectivity index (χ4n) is 1.30. The number of benzene rings is 1. The molecule has 0 unspecified atom stereocenters. The Balaban J connectivity index is 1.83. The maximum atomic E-state index is 11.7. The predicted molar refractivity (Wildman–Crippen MR) is 69.6 cm³/mol. The van der Waals surface area contributed by atoms with Crippen LogP contribution in [0.5, 0.6) is 0 Å². The van der Waals surface area contributed by atoms with E-state index in [1.807, 2.05) is 31.2 Å². The number of nitrogens with one attached hydrogen (secondary N) is 1. The number of aromatic nitrogens is 2. The molecule has 1 amide bonds. The molecular weight excluding hydrogens is 250 g/mol. The largest absolute Gasteiger partial charge is 0.416 e. The number of hydrogen-bond acceptors (Lipinski definition) is 5. The average molecular weight is 263 g/mol. The molecule has 1 heterocycles. The maximum absolute atomic E-state index is 11.7. The van der Waals surface area contributed by atoms with E-state index < -0.39 is 0 Å². The lowest BCUT2D eigenvalue weighted by atomic mass is 10.2. The lowest BCUT2D eigenvalue weighted by Gasteiger charge is -2.03. The van der Waals surface area contributed by atoms with Crippen LogP contribution in [-0.2, 0) is 4.79 Å². The van der Waals surface area contributed by atoms with Gasteiger partial charge < -0.3 is 9.73 Å². The first kappa shape index (κ1) is 12.6. The highest BCUT2D eigenvalue weighted by molar-refractivity contribution is 7.99. The van der Waals surface area contributed by atoms with Crippen molar-refractivity contribution in [1.82, 2.24) is 10.2 Å². The number of rotatable bonds is 4. The highest BCUT2D eigenvalue weighted by Crippen LogP contribution is 2.16. The SMILES string of the molecule is Cc1ccc(NC(=O)CSc2nnc(C)o2)cc1. The zero-order valence-electron chi connectivity index (χ0n) is 10.1. The molecule has 0 saturated carbocycles. The van der Waals surface area contributed by atoms with Crippen molar-refractivity contribution in [2.24, 2.45) is 0 Å². The summed E-state index contributed by atoms with van der Waals surface area (Å²) in [5.41, 5.74) is 1.94. The van der Waals surface area contributed by atoms with Gasteiger partial charge in [0.15, 0.2) is 0 Å². The van der Waals surface area contributed by atoms with Crippen molar-refractivity contribution in [2.75, 3.05) is 11.1 Å². The van der Waals surface area contributed by atoms with Crippen LogP contribution < -0.4 is 5.32 Å². The molecule has 0 spiro atoms. The van der Waals surface area contributed by atoms with Gasteiger partial charge in [-0.25, -0.2) is 0 Å². The summed E-state index contributed by atoms with van der Waals surface area (Å²) >= 11 is 1.22. The zero-order chi connectivity index (χ0) is 13.0. The minimum absolute atomic E-state index is 0.0975. The van der Waals surface area contributed by atoms with Gasteiger partial charge >= 0.3 is 0 Å². The lowest BCUT2D eigenvalue weighted by Crippen LogP contribution is -2.13. The third kappa shape index (κ3) is 3.59. The van der Waals surface area contributed by atoms with Gasteiger partial charge in [-0.05, 0) is 19.1 Å². The summed E-state index contributed by atoms with van der Waals surface area (Å²) in [4.78, 5) is 11.7. The molecule has 0 saturated heterocycles. The molecule has 0 atom stereocenters. The van der Waals surface area contributed by atoms with Crippen LogP contribution in [0.3, 0.4) is 0 Å². The number of anilines is 1. The zero-order valence-corrected chi connectivity index (χ0v) is 11.0. The summed E-state index contributed by atoms with van der Waals surface area (Å²) in [5, 5.41) is 10.7. The normalized spacial score (nSPS) is 10.3. The van der Waals surface area contributed by atoms with Crippen molar-refractivity contribution in [3.05, 3.63) is 35.7 Å². The van der Waals surface area contributed by atoms with Gasteiger partial charge in [-0.1, -0.05) is 29.5 Å². The molecule has 6 heteroatoms. The van der Waals surface area contributed by atoms with Crippen molar-refractivity contribution in [2.45, 2.75) is 19.1 Å². The lowest BCUT2D eigenvalue weighted by molar-refractivity contribution is -0.113. The molecular formula is C12H13N3O2S. The van der Waals surface area contributed by atoms with E-state index in [1.165, 1.54) is 11.8 Å². The second-order valence-electron chi connectivity index (χ2n) is 3.79. The first-order valence-corrected chi connectivity index (χ1v) is 6.41.